The van der Waals surface area contributed by atoms with Gasteiger partial charge < -0.3 is 10.1 Å². The van der Waals surface area contributed by atoms with Crippen molar-refractivity contribution >= 4 is 29.3 Å². The van der Waals surface area contributed by atoms with Gasteiger partial charge in [0.15, 0.2) is 6.10 Å². The van der Waals surface area contributed by atoms with E-state index in [0.717, 1.165) is 28.7 Å². The first kappa shape index (κ1) is 20.7. The Kier molecular flexibility index (Phi) is 8.86. The molecule has 0 saturated carbocycles. The Morgan fingerprint density at radius 3 is 2.58 bits per heavy atom. The zero-order valence-electron chi connectivity index (χ0n) is 15.3. The van der Waals surface area contributed by atoms with Crippen molar-refractivity contribution < 1.29 is 9.53 Å². The number of ether oxygens (including phenoxy) is 1. The minimum Gasteiger partial charge on any atom is -0.481 e. The summed E-state index contributed by atoms with van der Waals surface area (Å²) >= 11 is 7.75. The van der Waals surface area contributed by atoms with Crippen LogP contribution in [0.3, 0.4) is 0 Å². The Morgan fingerprint density at radius 1 is 1.15 bits per heavy atom. The van der Waals surface area contributed by atoms with Crippen LogP contribution in [-0.4, -0.2) is 24.3 Å². The van der Waals surface area contributed by atoms with Crippen molar-refractivity contribution in [2.24, 2.45) is 0 Å². The molecule has 0 saturated heterocycles. The van der Waals surface area contributed by atoms with Gasteiger partial charge in [0.1, 0.15) is 5.75 Å². The summed E-state index contributed by atoms with van der Waals surface area (Å²) in [5, 5.41) is 3.72. The van der Waals surface area contributed by atoms with Gasteiger partial charge in [-0.2, -0.15) is 11.8 Å². The number of amides is 1. The van der Waals surface area contributed by atoms with Crippen LogP contribution in [0.5, 0.6) is 5.75 Å². The van der Waals surface area contributed by atoms with E-state index >= 15 is 0 Å². The Bertz CT molecular complexity index is 691. The molecule has 1 N–H and O–H groups in total. The van der Waals surface area contributed by atoms with Crippen molar-refractivity contribution in [1.82, 2.24) is 5.32 Å². The maximum atomic E-state index is 12.3. The molecule has 1 amide bonds. The van der Waals surface area contributed by atoms with E-state index in [2.05, 4.69) is 18.3 Å². The average Bonchev–Trinajstić information content (AvgIpc) is 2.66. The lowest BCUT2D eigenvalue weighted by molar-refractivity contribution is -0.127. The van der Waals surface area contributed by atoms with Crippen molar-refractivity contribution in [3.8, 4) is 5.75 Å². The molecule has 2 rings (SSSR count). The van der Waals surface area contributed by atoms with Crippen molar-refractivity contribution in [2.75, 3.05) is 12.3 Å². The van der Waals surface area contributed by atoms with Crippen LogP contribution >= 0.6 is 23.4 Å². The van der Waals surface area contributed by atoms with Gasteiger partial charge in [0.05, 0.1) is 0 Å². The van der Waals surface area contributed by atoms with E-state index in [1.807, 2.05) is 49.4 Å². The van der Waals surface area contributed by atoms with Crippen molar-refractivity contribution in [1.29, 1.82) is 0 Å². The Morgan fingerprint density at radius 2 is 1.92 bits per heavy atom. The highest BCUT2D eigenvalue weighted by Gasteiger charge is 2.17. The summed E-state index contributed by atoms with van der Waals surface area (Å²) < 4.78 is 5.83. The van der Waals surface area contributed by atoms with Crippen LogP contribution in [0.4, 0.5) is 0 Å². The number of hydrogen-bond donors (Lipinski definition) is 1. The van der Waals surface area contributed by atoms with Gasteiger partial charge in [-0.25, -0.2) is 0 Å². The van der Waals surface area contributed by atoms with E-state index in [4.69, 9.17) is 16.3 Å². The summed E-state index contributed by atoms with van der Waals surface area (Å²) in [6.45, 7) is 4.69. The Balaban J connectivity index is 1.70. The van der Waals surface area contributed by atoms with Gasteiger partial charge in [-0.1, -0.05) is 49.7 Å². The zero-order chi connectivity index (χ0) is 18.8. The zero-order valence-corrected chi connectivity index (χ0v) is 16.9. The molecule has 1 atom stereocenters. The van der Waals surface area contributed by atoms with Gasteiger partial charge in [0.25, 0.3) is 5.91 Å². The molecule has 0 radical (unpaired) electrons. The highest BCUT2D eigenvalue weighted by Crippen LogP contribution is 2.17. The van der Waals surface area contributed by atoms with Gasteiger partial charge in [-0.15, -0.1) is 0 Å². The molecule has 0 heterocycles. The maximum Gasteiger partial charge on any atom is 0.261 e. The molecule has 26 heavy (non-hydrogen) atoms. The van der Waals surface area contributed by atoms with Gasteiger partial charge in [-0.3, -0.25) is 4.79 Å². The summed E-state index contributed by atoms with van der Waals surface area (Å²) in [5.74, 6) is 2.41. The minimum atomic E-state index is -0.458. The standard InChI is InChI=1S/C21H26ClNO2S/c1-3-16-8-10-19(11-9-16)25-20(4-2)21(24)23-12-13-26-15-17-6-5-7-18(22)14-17/h5-11,14,20H,3-4,12-13,15H2,1-2H3,(H,23,24)/t20-/m1/s1. The SMILES string of the molecule is CCc1ccc(O[C@H](CC)C(=O)NCCSCc2cccc(Cl)c2)cc1. The van der Waals surface area contributed by atoms with Crippen molar-refractivity contribution in [3.63, 3.8) is 0 Å². The lowest BCUT2D eigenvalue weighted by atomic mass is 10.2. The first-order chi connectivity index (χ1) is 12.6. The first-order valence-corrected chi connectivity index (χ1v) is 10.5. The van der Waals surface area contributed by atoms with Crippen LogP contribution < -0.4 is 10.1 Å². The molecule has 2 aromatic carbocycles. The van der Waals surface area contributed by atoms with Crippen LogP contribution in [-0.2, 0) is 17.0 Å². The monoisotopic (exact) mass is 391 g/mol. The molecule has 0 unspecified atom stereocenters. The van der Waals surface area contributed by atoms with E-state index in [1.165, 1.54) is 11.1 Å². The topological polar surface area (TPSA) is 38.3 Å². The lowest BCUT2D eigenvalue weighted by Gasteiger charge is -2.17. The normalized spacial score (nSPS) is 11.8. The smallest absolute Gasteiger partial charge is 0.261 e. The van der Waals surface area contributed by atoms with Crippen LogP contribution in [0.1, 0.15) is 31.4 Å². The highest BCUT2D eigenvalue weighted by molar-refractivity contribution is 7.98. The molecule has 0 bridgehead atoms. The highest BCUT2D eigenvalue weighted by atomic mass is 35.5. The van der Waals surface area contributed by atoms with Gasteiger partial charge in [0.2, 0.25) is 0 Å². The number of aryl methyl sites for hydroxylation is 1. The molecule has 0 spiro atoms. The third kappa shape index (κ3) is 6.93. The Labute approximate surface area is 165 Å². The first-order valence-electron chi connectivity index (χ1n) is 8.97. The van der Waals surface area contributed by atoms with Crippen LogP contribution in [0.2, 0.25) is 5.02 Å². The second-order valence-electron chi connectivity index (χ2n) is 5.99. The van der Waals surface area contributed by atoms with Crippen molar-refractivity contribution in [2.45, 2.75) is 38.5 Å². The fourth-order valence-electron chi connectivity index (χ4n) is 2.47. The molecular weight excluding hydrogens is 366 g/mol. The molecular formula is C21H26ClNO2S. The number of halogens is 1. The molecule has 0 aliphatic carbocycles. The number of rotatable bonds is 10. The number of carbonyl (C=O) groups is 1. The van der Waals surface area contributed by atoms with E-state index in [9.17, 15) is 4.79 Å². The van der Waals surface area contributed by atoms with E-state index in [1.54, 1.807) is 11.8 Å². The fourth-order valence-corrected chi connectivity index (χ4v) is 3.49. The molecule has 0 aliphatic heterocycles. The molecule has 0 aromatic heterocycles. The number of benzene rings is 2. The average molecular weight is 392 g/mol. The molecule has 140 valence electrons. The fraction of sp³-hybridized carbons (Fsp3) is 0.381. The molecule has 3 nitrogen and oxygen atoms in total. The summed E-state index contributed by atoms with van der Waals surface area (Å²) in [5.41, 5.74) is 2.45. The summed E-state index contributed by atoms with van der Waals surface area (Å²) in [4.78, 5) is 12.3. The number of thioether (sulfide) groups is 1. The summed E-state index contributed by atoms with van der Waals surface area (Å²) in [6, 6.07) is 15.8. The number of hydrogen-bond acceptors (Lipinski definition) is 3. The van der Waals surface area contributed by atoms with Crippen LogP contribution in [0.25, 0.3) is 0 Å². The number of carbonyl (C=O) groups excluding carboxylic acids is 1. The van der Waals surface area contributed by atoms with E-state index in [0.29, 0.717) is 13.0 Å². The predicted octanol–water partition coefficient (Wildman–Crippen LogP) is 5.11. The maximum absolute atomic E-state index is 12.3. The second kappa shape index (κ2) is 11.1. The Hall–Kier alpha value is -1.65. The van der Waals surface area contributed by atoms with Gasteiger partial charge >= 0.3 is 0 Å². The second-order valence-corrected chi connectivity index (χ2v) is 7.53. The van der Waals surface area contributed by atoms with Crippen LogP contribution in [0.15, 0.2) is 48.5 Å². The quantitative estimate of drug-likeness (QED) is 0.572. The molecule has 2 aromatic rings. The number of nitrogens with one attached hydrogen (secondary N) is 1. The largest absolute Gasteiger partial charge is 0.481 e. The van der Waals surface area contributed by atoms with E-state index < -0.39 is 6.10 Å². The van der Waals surface area contributed by atoms with Crippen LogP contribution in [0, 0.1) is 0 Å². The predicted molar refractivity (Wildman–Crippen MR) is 111 cm³/mol. The molecule has 5 heteroatoms. The lowest BCUT2D eigenvalue weighted by Crippen LogP contribution is -2.39. The third-order valence-electron chi connectivity index (χ3n) is 3.98. The van der Waals surface area contributed by atoms with Crippen molar-refractivity contribution in [3.05, 3.63) is 64.7 Å². The molecule has 0 aliphatic rings. The molecule has 0 fully saturated rings. The third-order valence-corrected chi connectivity index (χ3v) is 5.24. The summed E-state index contributed by atoms with van der Waals surface area (Å²) in [6.07, 6.45) is 1.17. The summed E-state index contributed by atoms with van der Waals surface area (Å²) in [7, 11) is 0. The van der Waals surface area contributed by atoms with Gasteiger partial charge in [-0.05, 0) is 48.2 Å². The minimum absolute atomic E-state index is 0.0598. The van der Waals surface area contributed by atoms with E-state index in [-0.39, 0.29) is 5.91 Å². The van der Waals surface area contributed by atoms with Gasteiger partial charge in [0, 0.05) is 23.1 Å².